The maximum Gasteiger partial charge on any atom is 0.258 e. The Morgan fingerprint density at radius 3 is 2.54 bits per heavy atom. The Morgan fingerprint density at radius 1 is 1.25 bits per heavy atom. The van der Waals surface area contributed by atoms with Gasteiger partial charge in [-0.25, -0.2) is 4.98 Å². The fraction of sp³-hybridized carbons (Fsp3) is 0.550. The van der Waals surface area contributed by atoms with Gasteiger partial charge in [0, 0.05) is 12.1 Å². The zero-order chi connectivity index (χ0) is 20.7. The summed E-state index contributed by atoms with van der Waals surface area (Å²) in [5.41, 5.74) is 0.270. The number of likely N-dealkylation sites (N-methyl/N-ethyl adjacent to an activating group) is 1. The second-order valence-corrected chi connectivity index (χ2v) is 6.80. The number of methoxy groups -OCH3 is 2. The molecule has 0 radical (unpaired) electrons. The molecule has 0 fully saturated rings. The van der Waals surface area contributed by atoms with Crippen LogP contribution in [0.1, 0.15) is 39.4 Å². The second-order valence-electron chi connectivity index (χ2n) is 6.80. The van der Waals surface area contributed by atoms with Crippen LogP contribution in [0.2, 0.25) is 0 Å². The zero-order valence-corrected chi connectivity index (χ0v) is 17.3. The Bertz CT molecular complexity index is 865. The minimum Gasteiger partial charge on any atom is -0.493 e. The van der Waals surface area contributed by atoms with Crippen LogP contribution in [-0.4, -0.2) is 54.1 Å². The van der Waals surface area contributed by atoms with Crippen molar-refractivity contribution >= 4 is 16.8 Å². The van der Waals surface area contributed by atoms with Gasteiger partial charge in [0.05, 0.1) is 38.2 Å². The molecule has 0 aliphatic carbocycles. The van der Waals surface area contributed by atoms with E-state index in [0.717, 1.165) is 12.8 Å². The first-order valence-electron chi connectivity index (χ1n) is 9.58. The summed E-state index contributed by atoms with van der Waals surface area (Å²) in [6.45, 7) is 7.33. The fourth-order valence-corrected chi connectivity index (χ4v) is 3.11. The summed E-state index contributed by atoms with van der Waals surface area (Å²) >= 11 is 0. The minimum absolute atomic E-state index is 0.0302. The topological polar surface area (TPSA) is 96.6 Å². The molecule has 1 amide bonds. The summed E-state index contributed by atoms with van der Waals surface area (Å²) in [6.07, 6.45) is 1.97. The maximum atomic E-state index is 12.5. The number of benzene rings is 1. The first-order chi connectivity index (χ1) is 13.4. The highest BCUT2D eigenvalue weighted by Gasteiger charge is 2.15. The third-order valence-electron chi connectivity index (χ3n) is 4.58. The number of rotatable bonds is 10. The van der Waals surface area contributed by atoms with Gasteiger partial charge in [-0.15, -0.1) is 0 Å². The number of carbonyl (C=O) groups is 1. The van der Waals surface area contributed by atoms with Crippen LogP contribution >= 0.6 is 0 Å². The molecule has 0 bridgehead atoms. The highest BCUT2D eigenvalue weighted by atomic mass is 16.5. The molecule has 8 nitrogen and oxygen atoms in total. The van der Waals surface area contributed by atoms with Gasteiger partial charge >= 0.3 is 0 Å². The van der Waals surface area contributed by atoms with E-state index in [1.807, 2.05) is 18.7 Å². The summed E-state index contributed by atoms with van der Waals surface area (Å²) < 4.78 is 10.5. The fourth-order valence-electron chi connectivity index (χ4n) is 3.11. The highest BCUT2D eigenvalue weighted by molar-refractivity contribution is 5.82. The monoisotopic (exact) mass is 390 g/mol. The van der Waals surface area contributed by atoms with Crippen LogP contribution in [0.15, 0.2) is 16.9 Å². The summed E-state index contributed by atoms with van der Waals surface area (Å²) in [5.74, 6) is 1.46. The van der Waals surface area contributed by atoms with Crippen molar-refractivity contribution in [2.24, 2.45) is 0 Å². The second kappa shape index (κ2) is 10.1. The van der Waals surface area contributed by atoms with Crippen molar-refractivity contribution in [2.75, 3.05) is 27.3 Å². The molecule has 0 aliphatic heterocycles. The average molecular weight is 390 g/mol. The van der Waals surface area contributed by atoms with E-state index in [4.69, 9.17) is 9.47 Å². The Morgan fingerprint density at radius 2 is 1.93 bits per heavy atom. The van der Waals surface area contributed by atoms with Gasteiger partial charge in [-0.2, -0.15) is 0 Å². The molecule has 0 aliphatic rings. The van der Waals surface area contributed by atoms with Gasteiger partial charge in [-0.3, -0.25) is 14.5 Å². The zero-order valence-electron chi connectivity index (χ0n) is 17.3. The number of carbonyl (C=O) groups excluding carboxylic acids is 1. The lowest BCUT2D eigenvalue weighted by atomic mass is 10.2. The average Bonchev–Trinajstić information content (AvgIpc) is 2.66. The van der Waals surface area contributed by atoms with Crippen LogP contribution in [0.3, 0.4) is 0 Å². The largest absolute Gasteiger partial charge is 0.493 e. The number of nitrogens with one attached hydrogen (secondary N) is 2. The molecule has 0 unspecified atom stereocenters. The molecule has 2 aromatic rings. The van der Waals surface area contributed by atoms with E-state index in [9.17, 15) is 9.59 Å². The van der Waals surface area contributed by atoms with Crippen molar-refractivity contribution in [3.63, 3.8) is 0 Å². The smallest absolute Gasteiger partial charge is 0.258 e. The van der Waals surface area contributed by atoms with E-state index in [2.05, 4.69) is 22.2 Å². The number of fused-ring (bicyclic) bond motifs is 1. The molecule has 0 saturated heterocycles. The van der Waals surface area contributed by atoms with Gasteiger partial charge in [-0.1, -0.05) is 20.3 Å². The van der Waals surface area contributed by atoms with Gasteiger partial charge in [0.2, 0.25) is 5.91 Å². The Labute approximate surface area is 165 Å². The summed E-state index contributed by atoms with van der Waals surface area (Å²) in [6, 6.07) is 3.45. The number of nitrogens with zero attached hydrogens (tertiary/aromatic N) is 2. The SMILES string of the molecule is CCC[C@@H](C)NC(=O)CN(CC)Cc1nc2cc(OC)c(OC)cc2c(=O)[nH]1. The van der Waals surface area contributed by atoms with Crippen LogP contribution in [-0.2, 0) is 11.3 Å². The summed E-state index contributed by atoms with van der Waals surface area (Å²) in [5, 5.41) is 3.42. The van der Waals surface area contributed by atoms with E-state index in [1.165, 1.54) is 14.2 Å². The Kier molecular flexibility index (Phi) is 7.80. The Balaban J connectivity index is 2.19. The van der Waals surface area contributed by atoms with Crippen molar-refractivity contribution in [3.8, 4) is 11.5 Å². The number of hydrogen-bond donors (Lipinski definition) is 2. The predicted molar refractivity (Wildman–Crippen MR) is 109 cm³/mol. The van der Waals surface area contributed by atoms with E-state index in [-0.39, 0.29) is 24.1 Å². The molecule has 8 heteroatoms. The van der Waals surface area contributed by atoms with Gasteiger partial charge in [-0.05, 0) is 26.0 Å². The van der Waals surface area contributed by atoms with Crippen molar-refractivity contribution in [1.82, 2.24) is 20.2 Å². The normalized spacial score (nSPS) is 12.2. The molecule has 1 aromatic heterocycles. The first kappa shape index (κ1) is 21.7. The lowest BCUT2D eigenvalue weighted by molar-refractivity contribution is -0.123. The summed E-state index contributed by atoms with van der Waals surface area (Å²) in [4.78, 5) is 34.0. The molecule has 2 N–H and O–H groups in total. The van der Waals surface area contributed by atoms with E-state index in [1.54, 1.807) is 12.1 Å². The van der Waals surface area contributed by atoms with E-state index >= 15 is 0 Å². The van der Waals surface area contributed by atoms with Gasteiger partial charge in [0.15, 0.2) is 11.5 Å². The standard InChI is InChI=1S/C20H30N4O4/c1-6-8-13(3)21-19(25)12-24(7-2)11-18-22-15-10-17(28-5)16(27-4)9-14(15)20(26)23-18/h9-10,13H,6-8,11-12H2,1-5H3,(H,21,25)(H,22,23,26)/t13-/m1/s1. The molecule has 1 aromatic carbocycles. The van der Waals surface area contributed by atoms with Gasteiger partial charge in [0.25, 0.3) is 5.56 Å². The predicted octanol–water partition coefficient (Wildman–Crippen LogP) is 2.07. The molecule has 2 rings (SSSR count). The van der Waals surface area contributed by atoms with Gasteiger partial charge < -0.3 is 19.8 Å². The lowest BCUT2D eigenvalue weighted by Crippen LogP contribution is -2.41. The molecule has 154 valence electrons. The van der Waals surface area contributed by atoms with E-state index in [0.29, 0.717) is 41.3 Å². The number of aromatic nitrogens is 2. The number of aromatic amines is 1. The number of H-pyrrole nitrogens is 1. The van der Waals surface area contributed by atoms with Crippen molar-refractivity contribution in [1.29, 1.82) is 0 Å². The van der Waals surface area contributed by atoms with Crippen LogP contribution in [0.5, 0.6) is 11.5 Å². The highest BCUT2D eigenvalue weighted by Crippen LogP contribution is 2.29. The van der Waals surface area contributed by atoms with E-state index < -0.39 is 0 Å². The third-order valence-corrected chi connectivity index (χ3v) is 4.58. The number of amides is 1. The van der Waals surface area contributed by atoms with Crippen LogP contribution in [0.25, 0.3) is 10.9 Å². The molecule has 0 spiro atoms. The van der Waals surface area contributed by atoms with Crippen LogP contribution in [0.4, 0.5) is 0 Å². The minimum atomic E-state index is -0.252. The molecule has 28 heavy (non-hydrogen) atoms. The van der Waals surface area contributed by atoms with Crippen molar-refractivity contribution in [3.05, 3.63) is 28.3 Å². The quantitative estimate of drug-likeness (QED) is 0.645. The molecular weight excluding hydrogens is 360 g/mol. The first-order valence-corrected chi connectivity index (χ1v) is 9.58. The Hall–Kier alpha value is -2.61. The van der Waals surface area contributed by atoms with Crippen LogP contribution < -0.4 is 20.3 Å². The molecule has 1 atom stereocenters. The maximum absolute atomic E-state index is 12.5. The van der Waals surface area contributed by atoms with Crippen molar-refractivity contribution < 1.29 is 14.3 Å². The number of ether oxygens (including phenoxy) is 2. The van der Waals surface area contributed by atoms with Gasteiger partial charge in [0.1, 0.15) is 5.82 Å². The molecule has 0 saturated carbocycles. The molecular formula is C20H30N4O4. The van der Waals surface area contributed by atoms with Crippen LogP contribution in [0, 0.1) is 0 Å². The summed E-state index contributed by atoms with van der Waals surface area (Å²) in [7, 11) is 3.06. The lowest BCUT2D eigenvalue weighted by Gasteiger charge is -2.21. The molecule has 1 heterocycles. The van der Waals surface area contributed by atoms with Crippen molar-refractivity contribution in [2.45, 2.75) is 46.2 Å². The third kappa shape index (κ3) is 5.45. The number of hydrogen-bond acceptors (Lipinski definition) is 6.